The monoisotopic (exact) mass is 793 g/mol. The van der Waals surface area contributed by atoms with E-state index in [1.807, 2.05) is 52.0 Å². The first-order valence-corrected chi connectivity index (χ1v) is 19.7. The molecule has 0 atom stereocenters. The van der Waals surface area contributed by atoms with E-state index >= 15 is 0 Å². The zero-order valence-corrected chi connectivity index (χ0v) is 35.6. The molecule has 1 aliphatic rings. The van der Waals surface area contributed by atoms with Gasteiger partial charge in [0.05, 0.1) is 70.7 Å². The molecule has 12 nitrogen and oxygen atoms in total. The average Bonchev–Trinajstić information content (AvgIpc) is 3.24. The van der Waals surface area contributed by atoms with Crippen LogP contribution in [0.15, 0.2) is 59.6 Å². The summed E-state index contributed by atoms with van der Waals surface area (Å²) in [5.74, 6) is 2.11. The van der Waals surface area contributed by atoms with Gasteiger partial charge in [0.1, 0.15) is 49.0 Å². The Bertz CT molecular complexity index is 1550. The fourth-order valence-electron chi connectivity index (χ4n) is 5.34. The Morgan fingerprint density at radius 3 is 2.04 bits per heavy atom. The minimum absolute atomic E-state index is 0.351. The first-order valence-electron chi connectivity index (χ1n) is 19.7. The summed E-state index contributed by atoms with van der Waals surface area (Å²) >= 11 is 0. The van der Waals surface area contributed by atoms with Gasteiger partial charge in [0.15, 0.2) is 0 Å². The van der Waals surface area contributed by atoms with Crippen LogP contribution >= 0.6 is 0 Å². The summed E-state index contributed by atoms with van der Waals surface area (Å²) < 4.78 is 45.4. The molecule has 0 saturated carbocycles. The predicted molar refractivity (Wildman–Crippen MR) is 232 cm³/mol. The van der Waals surface area contributed by atoms with E-state index < -0.39 is 0 Å². The van der Waals surface area contributed by atoms with Crippen molar-refractivity contribution in [3.05, 3.63) is 71.3 Å². The van der Waals surface area contributed by atoms with Gasteiger partial charge < -0.3 is 47.7 Å². The van der Waals surface area contributed by atoms with Crippen molar-refractivity contribution < 1.29 is 42.7 Å². The number of carbonyl (C=O) groups is 1. The third-order valence-corrected chi connectivity index (χ3v) is 8.13. The number of nitrogens with zero attached hydrogens (tertiary/aromatic N) is 3. The Balaban J connectivity index is 0.00000131. The number of likely N-dealkylation sites (N-methyl/N-ethyl adjacent to an activating group) is 1. The van der Waals surface area contributed by atoms with Crippen molar-refractivity contribution in [3.8, 4) is 30.1 Å². The maximum absolute atomic E-state index is 11.6. The van der Waals surface area contributed by atoms with Crippen LogP contribution in [0.25, 0.3) is 0 Å². The van der Waals surface area contributed by atoms with E-state index in [9.17, 15) is 4.79 Å². The molecular weight excluding hydrogens is 727 g/mol. The van der Waals surface area contributed by atoms with Crippen LogP contribution in [0.3, 0.4) is 0 Å². The number of anilines is 2. The fraction of sp³-hybridized carbons (Fsp3) is 0.511. The highest BCUT2D eigenvalue weighted by Crippen LogP contribution is 2.33. The second kappa shape index (κ2) is 32.4. The Labute approximate surface area is 342 Å². The van der Waals surface area contributed by atoms with Crippen LogP contribution in [-0.4, -0.2) is 126 Å². The largest absolute Gasteiger partial charge is 0.490 e. The molecule has 0 amide bonds. The van der Waals surface area contributed by atoms with Gasteiger partial charge in [-0.2, -0.15) is 0 Å². The molecule has 0 unspecified atom stereocenters. The molecule has 1 aliphatic heterocycles. The highest BCUT2D eigenvalue weighted by Gasteiger charge is 2.17. The molecule has 0 N–H and O–H groups in total. The second-order valence-electron chi connectivity index (χ2n) is 12.1. The molecule has 57 heavy (non-hydrogen) atoms. The molecule has 0 spiro atoms. The van der Waals surface area contributed by atoms with E-state index in [4.69, 9.17) is 37.9 Å². The number of hydrogen-bond donors (Lipinski definition) is 0. The molecule has 0 aliphatic carbocycles. The van der Waals surface area contributed by atoms with Crippen molar-refractivity contribution in [1.29, 1.82) is 0 Å². The number of hydrogen-bond acceptors (Lipinski definition) is 12. The number of aldehydes is 1. The maximum atomic E-state index is 11.6. The fourth-order valence-corrected chi connectivity index (χ4v) is 5.34. The molecule has 0 bridgehead atoms. The molecule has 0 aromatic heterocycles. The quantitative estimate of drug-likeness (QED) is 0.109. The van der Waals surface area contributed by atoms with Gasteiger partial charge in [-0.1, -0.05) is 26.0 Å². The molecule has 0 fully saturated rings. The molecule has 0 saturated heterocycles. The lowest BCUT2D eigenvalue weighted by Gasteiger charge is -2.29. The lowest BCUT2D eigenvalue weighted by molar-refractivity contribution is 0.0657. The molecule has 0 radical (unpaired) electrons. The normalized spacial score (nSPS) is 13.8. The van der Waals surface area contributed by atoms with E-state index in [1.54, 1.807) is 32.6 Å². The summed E-state index contributed by atoms with van der Waals surface area (Å²) in [6.45, 7) is 20.5. The molecule has 12 heteroatoms. The van der Waals surface area contributed by atoms with E-state index in [2.05, 4.69) is 59.7 Å². The van der Waals surface area contributed by atoms with Gasteiger partial charge in [0, 0.05) is 45.7 Å². The van der Waals surface area contributed by atoms with Crippen molar-refractivity contribution in [3.63, 3.8) is 0 Å². The molecule has 1 heterocycles. The number of aryl methyl sites for hydroxylation is 2. The summed E-state index contributed by atoms with van der Waals surface area (Å²) in [6.07, 6.45) is 10.6. The first kappa shape index (κ1) is 50.4. The molecular formula is C45H67N3O9. The zero-order valence-electron chi connectivity index (χ0n) is 35.6. The topological polar surface area (TPSA) is 110 Å². The number of benzene rings is 3. The van der Waals surface area contributed by atoms with Crippen LogP contribution in [0.5, 0.6) is 17.2 Å². The number of rotatable bonds is 11. The minimum Gasteiger partial charge on any atom is -0.490 e. The van der Waals surface area contributed by atoms with Gasteiger partial charge in [-0.3, -0.25) is 9.79 Å². The summed E-state index contributed by atoms with van der Waals surface area (Å²) in [5.41, 5.74) is 5.32. The zero-order chi connectivity index (χ0) is 42.1. The Kier molecular flexibility index (Phi) is 28.7. The second-order valence-corrected chi connectivity index (χ2v) is 12.1. The van der Waals surface area contributed by atoms with Crippen molar-refractivity contribution in [2.45, 2.75) is 41.5 Å². The van der Waals surface area contributed by atoms with Crippen molar-refractivity contribution >= 4 is 29.6 Å². The minimum atomic E-state index is 0.351. The van der Waals surface area contributed by atoms with Crippen LogP contribution in [0, 0.1) is 26.7 Å². The van der Waals surface area contributed by atoms with E-state index in [0.717, 1.165) is 59.9 Å². The summed E-state index contributed by atoms with van der Waals surface area (Å²) in [7, 11) is 3.29. The van der Waals surface area contributed by atoms with E-state index in [-0.39, 0.29) is 0 Å². The molecule has 3 aromatic rings. The molecule has 316 valence electrons. The Hall–Kier alpha value is -4.64. The van der Waals surface area contributed by atoms with Crippen LogP contribution in [0.4, 0.5) is 17.1 Å². The highest BCUT2D eigenvalue weighted by molar-refractivity contribution is 5.78. The summed E-state index contributed by atoms with van der Waals surface area (Å²) in [5, 5.41) is 0. The third kappa shape index (κ3) is 19.9. The molecule has 4 rings (SSSR count). The summed E-state index contributed by atoms with van der Waals surface area (Å²) in [4.78, 5) is 20.7. The SMILES string of the molecule is C#C.CC.CCN1CCOCCOCC=Nc2ccc(C)cc2OCCN(c2ccc(C=O)cc2OCCOC)CCOc2cc(C)ccc21.CCOCCOC. The van der Waals surface area contributed by atoms with Crippen molar-refractivity contribution in [1.82, 2.24) is 0 Å². The van der Waals surface area contributed by atoms with Crippen LogP contribution in [0.2, 0.25) is 0 Å². The first-order chi connectivity index (χ1) is 27.9. The number of methoxy groups -OCH3 is 2. The van der Waals surface area contributed by atoms with Crippen LogP contribution in [-0.2, 0) is 23.7 Å². The van der Waals surface area contributed by atoms with Crippen molar-refractivity contribution in [2.24, 2.45) is 4.99 Å². The van der Waals surface area contributed by atoms with Gasteiger partial charge >= 0.3 is 0 Å². The lowest BCUT2D eigenvalue weighted by atomic mass is 10.2. The van der Waals surface area contributed by atoms with Gasteiger partial charge in [-0.05, 0) is 81.3 Å². The number of carbonyl (C=O) groups excluding carboxylic acids is 1. The van der Waals surface area contributed by atoms with Gasteiger partial charge in [-0.15, -0.1) is 12.8 Å². The van der Waals surface area contributed by atoms with Crippen molar-refractivity contribution in [2.75, 3.05) is 123 Å². The number of aliphatic imine (C=N–C) groups is 1. The van der Waals surface area contributed by atoms with Crippen LogP contribution < -0.4 is 24.0 Å². The van der Waals surface area contributed by atoms with Gasteiger partial charge in [0.25, 0.3) is 0 Å². The Morgan fingerprint density at radius 1 is 0.737 bits per heavy atom. The predicted octanol–water partition coefficient (Wildman–Crippen LogP) is 7.63. The average molecular weight is 794 g/mol. The highest BCUT2D eigenvalue weighted by atomic mass is 16.5. The number of fused-ring (bicyclic) bond motifs is 2. The van der Waals surface area contributed by atoms with Gasteiger partial charge in [0.2, 0.25) is 0 Å². The smallest absolute Gasteiger partial charge is 0.150 e. The number of terminal acetylenes is 1. The van der Waals surface area contributed by atoms with E-state index in [0.29, 0.717) is 96.2 Å². The third-order valence-electron chi connectivity index (χ3n) is 8.13. The maximum Gasteiger partial charge on any atom is 0.150 e. The van der Waals surface area contributed by atoms with Crippen LogP contribution in [0.1, 0.15) is 49.2 Å². The van der Waals surface area contributed by atoms with Gasteiger partial charge in [-0.25, -0.2) is 0 Å². The lowest BCUT2D eigenvalue weighted by Crippen LogP contribution is -2.33. The standard InChI is InChI=1S/C36H47N3O7.C5H12O2.C2H6.C2H2/c1-5-38-13-17-43-22-21-42-16-12-37-31-9-6-28(2)24-34(31)44-18-14-39(15-19-45-35-25-29(3)7-10-32(35)38)33-11-8-30(27-40)26-36(33)46-23-20-41-4;1-3-7-5-4-6-2;2*1-2/h6-12,24-27H,5,13-23H2,1-4H3;3-5H2,1-2H3;1-2H3;1-2H. The van der Waals surface area contributed by atoms with E-state index in [1.165, 1.54) is 0 Å². The molecule has 3 aromatic carbocycles. The number of ether oxygens (including phenoxy) is 8. The summed E-state index contributed by atoms with van der Waals surface area (Å²) in [6, 6.07) is 17.7. The Morgan fingerprint density at radius 2 is 1.37 bits per heavy atom.